The molecule has 4 unspecified atom stereocenters. The van der Waals surface area contributed by atoms with Gasteiger partial charge in [-0.3, -0.25) is 8.75 Å². The second-order valence-electron chi connectivity index (χ2n) is 6.89. The Morgan fingerprint density at radius 3 is 2.70 bits per heavy atom. The van der Waals surface area contributed by atoms with E-state index in [9.17, 15) is 18.6 Å². The van der Waals surface area contributed by atoms with Crippen molar-refractivity contribution in [2.75, 3.05) is 25.4 Å². The van der Waals surface area contributed by atoms with Gasteiger partial charge in [0.05, 0.1) is 12.9 Å². The van der Waals surface area contributed by atoms with Crippen molar-refractivity contribution < 1.29 is 27.6 Å². The van der Waals surface area contributed by atoms with Gasteiger partial charge in [0.25, 0.3) is 0 Å². The first kappa shape index (κ1) is 22.5. The Hall–Kier alpha value is -2.16. The summed E-state index contributed by atoms with van der Waals surface area (Å²) in [4.78, 5) is 12.1. The van der Waals surface area contributed by atoms with E-state index in [4.69, 9.17) is 14.7 Å². The van der Waals surface area contributed by atoms with Gasteiger partial charge in [-0.1, -0.05) is 19.9 Å². The van der Waals surface area contributed by atoms with Gasteiger partial charge in [-0.05, 0) is 6.42 Å². The van der Waals surface area contributed by atoms with Crippen LogP contribution in [0.2, 0.25) is 0 Å². The van der Waals surface area contributed by atoms with Gasteiger partial charge < -0.3 is 20.7 Å². The minimum atomic E-state index is -4.05. The maximum atomic E-state index is 12.4. The number of aromatic nitrogens is 4. The Morgan fingerprint density at radius 1 is 1.37 bits per heavy atom. The summed E-state index contributed by atoms with van der Waals surface area (Å²) in [6.07, 6.45) is 0.0799. The maximum absolute atomic E-state index is 12.4. The van der Waals surface area contributed by atoms with Crippen molar-refractivity contribution in [3.05, 3.63) is 25.3 Å². The molecule has 12 nitrogen and oxygen atoms in total. The van der Waals surface area contributed by atoms with Gasteiger partial charge in [-0.2, -0.15) is 12.7 Å². The third-order valence-corrected chi connectivity index (χ3v) is 6.70. The van der Waals surface area contributed by atoms with Gasteiger partial charge in [0.1, 0.15) is 29.7 Å². The minimum absolute atomic E-state index is 0.0270. The molecular formula is C17H26N6O6S. The number of hydrogen-bond acceptors (Lipinski definition) is 10. The number of imidazole rings is 1. The molecule has 1 aliphatic heterocycles. The van der Waals surface area contributed by atoms with Crippen molar-refractivity contribution >= 4 is 27.3 Å². The summed E-state index contributed by atoms with van der Waals surface area (Å²) in [6.45, 7) is 6.95. The molecule has 4 atom stereocenters. The largest absolute Gasteiger partial charge is 0.387 e. The number of nitrogens with two attached hydrogens (primary N) is 1. The van der Waals surface area contributed by atoms with Gasteiger partial charge >= 0.3 is 10.3 Å². The summed E-state index contributed by atoms with van der Waals surface area (Å²) in [7, 11) is -4.05. The van der Waals surface area contributed by atoms with Crippen LogP contribution in [0.3, 0.4) is 0 Å². The normalized spacial score (nSPS) is 27.2. The molecule has 3 rings (SSSR count). The number of rotatable bonds is 9. The predicted molar refractivity (Wildman–Crippen MR) is 107 cm³/mol. The average Bonchev–Trinajstić information content (AvgIpc) is 3.24. The molecule has 0 aromatic carbocycles. The Kier molecular flexibility index (Phi) is 6.40. The number of hydrogen-bond donors (Lipinski definition) is 3. The fourth-order valence-corrected chi connectivity index (χ4v) is 4.63. The first-order valence-electron chi connectivity index (χ1n) is 9.43. The van der Waals surface area contributed by atoms with Crippen molar-refractivity contribution in [3.63, 3.8) is 0 Å². The van der Waals surface area contributed by atoms with Crippen LogP contribution < -0.4 is 5.73 Å². The van der Waals surface area contributed by atoms with E-state index in [0.717, 1.165) is 4.31 Å². The number of nitrogen functional groups attached to an aromatic ring is 1. The highest BCUT2D eigenvalue weighted by atomic mass is 32.2. The average molecular weight is 442 g/mol. The zero-order valence-electron chi connectivity index (χ0n) is 16.7. The highest BCUT2D eigenvalue weighted by molar-refractivity contribution is 7.84. The molecule has 0 spiro atoms. The van der Waals surface area contributed by atoms with E-state index in [1.165, 1.54) is 23.3 Å². The lowest BCUT2D eigenvalue weighted by atomic mass is 9.92. The van der Waals surface area contributed by atoms with Crippen LogP contribution in [0.5, 0.6) is 0 Å². The molecule has 166 valence electrons. The Morgan fingerprint density at radius 2 is 2.07 bits per heavy atom. The number of nitrogens with zero attached hydrogens (tertiary/aromatic N) is 5. The van der Waals surface area contributed by atoms with E-state index in [1.54, 1.807) is 13.8 Å². The van der Waals surface area contributed by atoms with Crippen molar-refractivity contribution in [2.24, 2.45) is 0 Å². The molecule has 2 aromatic rings. The molecule has 1 fully saturated rings. The zero-order valence-corrected chi connectivity index (χ0v) is 17.6. The predicted octanol–water partition coefficient (Wildman–Crippen LogP) is -0.423. The smallest absolute Gasteiger partial charge is 0.338 e. The molecule has 0 saturated carbocycles. The molecule has 1 saturated heterocycles. The summed E-state index contributed by atoms with van der Waals surface area (Å²) in [5, 5.41) is 21.5. The van der Waals surface area contributed by atoms with E-state index in [2.05, 4.69) is 21.5 Å². The van der Waals surface area contributed by atoms with E-state index < -0.39 is 40.9 Å². The van der Waals surface area contributed by atoms with Gasteiger partial charge in [0, 0.05) is 13.1 Å². The molecule has 1 aliphatic rings. The summed E-state index contributed by atoms with van der Waals surface area (Å²) in [6, 6.07) is 0. The number of aliphatic hydroxyl groups is 2. The van der Waals surface area contributed by atoms with Crippen LogP contribution >= 0.6 is 0 Å². The van der Waals surface area contributed by atoms with E-state index in [-0.39, 0.29) is 25.3 Å². The molecule has 30 heavy (non-hydrogen) atoms. The third-order valence-electron chi connectivity index (χ3n) is 5.14. The van der Waals surface area contributed by atoms with Crippen LogP contribution in [0.25, 0.3) is 11.2 Å². The third kappa shape index (κ3) is 3.79. The molecule has 0 bridgehead atoms. The summed E-state index contributed by atoms with van der Waals surface area (Å²) in [5.74, 6) is 0.151. The van der Waals surface area contributed by atoms with Crippen molar-refractivity contribution in [1.29, 1.82) is 0 Å². The van der Waals surface area contributed by atoms with Crippen molar-refractivity contribution in [2.45, 2.75) is 44.3 Å². The summed E-state index contributed by atoms with van der Waals surface area (Å²) < 4.78 is 38.6. The topological polar surface area (TPSA) is 166 Å². The highest BCUT2D eigenvalue weighted by Crippen LogP contribution is 2.41. The minimum Gasteiger partial charge on any atom is -0.387 e. The van der Waals surface area contributed by atoms with Crippen molar-refractivity contribution in [3.8, 4) is 0 Å². The fraction of sp³-hybridized carbons (Fsp3) is 0.588. The van der Waals surface area contributed by atoms with Gasteiger partial charge in [0.15, 0.2) is 17.7 Å². The molecule has 0 aliphatic carbocycles. The van der Waals surface area contributed by atoms with Crippen LogP contribution in [0.1, 0.15) is 26.5 Å². The lowest BCUT2D eigenvalue weighted by molar-refractivity contribution is -0.120. The molecule has 3 heterocycles. The molecule has 4 N–H and O–H groups in total. The number of anilines is 1. The van der Waals surface area contributed by atoms with Crippen LogP contribution in [0.15, 0.2) is 25.3 Å². The second-order valence-corrected chi connectivity index (χ2v) is 8.50. The second kappa shape index (κ2) is 8.53. The Balaban J connectivity index is 1.92. The lowest BCUT2D eigenvalue weighted by Crippen LogP contribution is -2.48. The molecular weight excluding hydrogens is 416 g/mol. The van der Waals surface area contributed by atoms with Crippen LogP contribution in [-0.2, 0) is 19.2 Å². The first-order chi connectivity index (χ1) is 14.2. The number of aliphatic hydroxyl groups excluding tert-OH is 2. The lowest BCUT2D eigenvalue weighted by Gasteiger charge is -2.31. The summed E-state index contributed by atoms with van der Waals surface area (Å²) >= 11 is 0. The van der Waals surface area contributed by atoms with Gasteiger partial charge in [0.2, 0.25) is 0 Å². The highest BCUT2D eigenvalue weighted by Gasteiger charge is 2.55. The monoisotopic (exact) mass is 442 g/mol. The Bertz CT molecular complexity index is 1010. The molecule has 2 aromatic heterocycles. The molecule has 13 heteroatoms. The first-order valence-corrected chi connectivity index (χ1v) is 10.8. The zero-order chi connectivity index (χ0) is 22.1. The van der Waals surface area contributed by atoms with Crippen LogP contribution in [0, 0.1) is 0 Å². The SMILES string of the molecule is C=CCC1(COS(=O)(=O)N(CC)CC)OC(n2cnc3c(N)ncnc32)C(O)C1O. The van der Waals surface area contributed by atoms with Gasteiger partial charge in [-0.15, -0.1) is 6.58 Å². The summed E-state index contributed by atoms with van der Waals surface area (Å²) in [5.41, 5.74) is 4.85. The fourth-order valence-electron chi connectivity index (χ4n) is 3.50. The van der Waals surface area contributed by atoms with Crippen LogP contribution in [0.4, 0.5) is 5.82 Å². The van der Waals surface area contributed by atoms with Gasteiger partial charge in [-0.25, -0.2) is 15.0 Å². The number of ether oxygens (including phenoxy) is 1. The van der Waals surface area contributed by atoms with E-state index in [1.807, 2.05) is 0 Å². The van der Waals surface area contributed by atoms with Crippen molar-refractivity contribution in [1.82, 2.24) is 23.8 Å². The van der Waals surface area contributed by atoms with Crippen LogP contribution in [-0.4, -0.2) is 80.0 Å². The van der Waals surface area contributed by atoms with E-state index >= 15 is 0 Å². The standard InChI is InChI=1S/C17H26N6O6S/c1-4-7-17(8-28-30(26,27)22(5-2)6-3)13(25)12(24)16(29-17)23-10-21-11-14(18)19-9-20-15(11)23/h4,9-10,12-13,16,24-25H,1,5-8H2,2-3H3,(H2,18,19,20). The quantitative estimate of drug-likeness (QED) is 0.434. The maximum Gasteiger partial charge on any atom is 0.338 e. The van der Waals surface area contributed by atoms with E-state index in [0.29, 0.717) is 11.2 Å². The molecule has 0 radical (unpaired) electrons. The molecule has 0 amide bonds. The number of fused-ring (bicyclic) bond motifs is 1. The Labute approximate surface area is 174 Å².